The van der Waals surface area contributed by atoms with Crippen LogP contribution in [0.5, 0.6) is 11.5 Å². The number of urea groups is 1. The SMILES string of the molecule is COc1cccc(NC(=O)N2CCN(c3cc(-n4cnc(C)c4C)ncn3)CC2)c1OC. The van der Waals surface area contributed by atoms with Crippen LogP contribution in [0.3, 0.4) is 0 Å². The molecule has 1 aliphatic rings. The number of benzene rings is 1. The van der Waals surface area contributed by atoms with Gasteiger partial charge in [0.25, 0.3) is 0 Å². The van der Waals surface area contributed by atoms with E-state index in [1.54, 1.807) is 43.9 Å². The summed E-state index contributed by atoms with van der Waals surface area (Å²) in [6.45, 7) is 6.46. The van der Waals surface area contributed by atoms with Gasteiger partial charge in [-0.2, -0.15) is 0 Å². The van der Waals surface area contributed by atoms with E-state index in [1.165, 1.54) is 0 Å². The van der Waals surface area contributed by atoms with Gasteiger partial charge in [-0.25, -0.2) is 19.7 Å². The molecule has 0 spiro atoms. The van der Waals surface area contributed by atoms with Crippen molar-refractivity contribution in [3.8, 4) is 17.3 Å². The van der Waals surface area contributed by atoms with Crippen molar-refractivity contribution in [1.29, 1.82) is 0 Å². The Balaban J connectivity index is 1.41. The van der Waals surface area contributed by atoms with E-state index in [2.05, 4.69) is 25.2 Å². The molecule has 1 fully saturated rings. The standard InChI is InChI=1S/C22H27N7O3/c1-15-16(2)29(14-25-15)20-12-19(23-13-24-20)27-8-10-28(11-9-27)22(30)26-17-6-5-7-18(31-3)21(17)32-4/h5-7,12-14H,8-11H2,1-4H3,(H,26,30). The van der Waals surface area contributed by atoms with E-state index in [0.29, 0.717) is 43.4 Å². The van der Waals surface area contributed by atoms with Crippen LogP contribution in [-0.4, -0.2) is 70.8 Å². The van der Waals surface area contributed by atoms with Crippen LogP contribution in [-0.2, 0) is 0 Å². The first kappa shape index (κ1) is 21.4. The first-order valence-electron chi connectivity index (χ1n) is 10.4. The fourth-order valence-corrected chi connectivity index (χ4v) is 3.69. The molecule has 168 valence electrons. The van der Waals surface area contributed by atoms with E-state index in [0.717, 1.165) is 23.0 Å². The van der Waals surface area contributed by atoms with Crippen molar-refractivity contribution in [3.63, 3.8) is 0 Å². The number of aromatic nitrogens is 4. The van der Waals surface area contributed by atoms with Crippen molar-refractivity contribution in [2.45, 2.75) is 13.8 Å². The van der Waals surface area contributed by atoms with Crippen LogP contribution in [0.25, 0.3) is 5.82 Å². The van der Waals surface area contributed by atoms with Gasteiger partial charge >= 0.3 is 6.03 Å². The topological polar surface area (TPSA) is 97.6 Å². The first-order chi connectivity index (χ1) is 15.5. The van der Waals surface area contributed by atoms with Crippen molar-refractivity contribution in [2.75, 3.05) is 50.6 Å². The molecule has 0 atom stereocenters. The number of aryl methyl sites for hydroxylation is 1. The van der Waals surface area contributed by atoms with Gasteiger partial charge < -0.3 is 24.6 Å². The molecular formula is C22H27N7O3. The molecule has 10 heteroatoms. The number of carbonyl (C=O) groups excluding carboxylic acids is 1. The first-order valence-corrected chi connectivity index (χ1v) is 10.4. The van der Waals surface area contributed by atoms with Crippen LogP contribution in [0.4, 0.5) is 16.3 Å². The van der Waals surface area contributed by atoms with E-state index >= 15 is 0 Å². The highest BCUT2D eigenvalue weighted by molar-refractivity contribution is 5.91. The minimum atomic E-state index is -0.177. The van der Waals surface area contributed by atoms with Crippen molar-refractivity contribution >= 4 is 17.5 Å². The lowest BCUT2D eigenvalue weighted by atomic mass is 10.2. The maximum absolute atomic E-state index is 12.8. The number of ether oxygens (including phenoxy) is 2. The van der Waals surface area contributed by atoms with Gasteiger partial charge in [0.1, 0.15) is 24.3 Å². The number of amides is 2. The van der Waals surface area contributed by atoms with Gasteiger partial charge in [-0.3, -0.25) is 4.57 Å². The Kier molecular flexibility index (Phi) is 6.11. The van der Waals surface area contributed by atoms with Gasteiger partial charge in [0.2, 0.25) is 0 Å². The Labute approximate surface area is 186 Å². The molecule has 32 heavy (non-hydrogen) atoms. The molecule has 0 unspecified atom stereocenters. The summed E-state index contributed by atoms with van der Waals surface area (Å²) in [5, 5.41) is 2.93. The second-order valence-electron chi connectivity index (χ2n) is 7.47. The normalized spacial score (nSPS) is 13.8. The molecule has 1 aromatic carbocycles. The molecule has 10 nitrogen and oxygen atoms in total. The van der Waals surface area contributed by atoms with Gasteiger partial charge in [-0.1, -0.05) is 6.07 Å². The molecule has 1 aliphatic heterocycles. The number of hydrogen-bond donors (Lipinski definition) is 1. The molecular weight excluding hydrogens is 410 g/mol. The highest BCUT2D eigenvalue weighted by Gasteiger charge is 2.23. The maximum atomic E-state index is 12.8. The van der Waals surface area contributed by atoms with Crippen LogP contribution in [0.1, 0.15) is 11.4 Å². The Morgan fingerprint density at radius 3 is 2.41 bits per heavy atom. The second-order valence-corrected chi connectivity index (χ2v) is 7.47. The van der Waals surface area contributed by atoms with Crippen LogP contribution in [0.2, 0.25) is 0 Å². The molecule has 2 amide bonds. The fraction of sp³-hybridized carbons (Fsp3) is 0.364. The number of anilines is 2. The largest absolute Gasteiger partial charge is 0.493 e. The zero-order valence-electron chi connectivity index (χ0n) is 18.7. The fourth-order valence-electron chi connectivity index (χ4n) is 3.69. The van der Waals surface area contributed by atoms with Crippen molar-refractivity contribution in [3.05, 3.63) is 48.3 Å². The summed E-state index contributed by atoms with van der Waals surface area (Å²) in [5.41, 5.74) is 2.59. The number of carbonyl (C=O) groups is 1. The predicted molar refractivity (Wildman–Crippen MR) is 121 cm³/mol. The molecule has 1 N–H and O–H groups in total. The number of hydrogen-bond acceptors (Lipinski definition) is 7. The lowest BCUT2D eigenvalue weighted by Crippen LogP contribution is -2.50. The van der Waals surface area contributed by atoms with Crippen molar-refractivity contribution < 1.29 is 14.3 Å². The highest BCUT2D eigenvalue weighted by atomic mass is 16.5. The summed E-state index contributed by atoms with van der Waals surface area (Å²) in [5.74, 6) is 2.67. The monoisotopic (exact) mass is 437 g/mol. The average molecular weight is 438 g/mol. The van der Waals surface area contributed by atoms with Gasteiger partial charge in [0.05, 0.1) is 25.6 Å². The molecule has 0 aliphatic carbocycles. The third-order valence-corrected chi connectivity index (χ3v) is 5.67. The zero-order chi connectivity index (χ0) is 22.7. The maximum Gasteiger partial charge on any atom is 0.322 e. The minimum Gasteiger partial charge on any atom is -0.493 e. The Bertz CT molecular complexity index is 1110. The summed E-state index contributed by atoms with van der Waals surface area (Å²) in [6, 6.07) is 7.16. The summed E-state index contributed by atoms with van der Waals surface area (Å²) in [4.78, 5) is 29.9. The van der Waals surface area contributed by atoms with E-state index < -0.39 is 0 Å². The Morgan fingerprint density at radius 1 is 1.00 bits per heavy atom. The number of nitrogens with one attached hydrogen (secondary N) is 1. The number of methoxy groups -OCH3 is 2. The molecule has 0 bridgehead atoms. The quantitative estimate of drug-likeness (QED) is 0.655. The predicted octanol–water partition coefficient (Wildman–Crippen LogP) is 2.65. The van der Waals surface area contributed by atoms with Crippen molar-refractivity contribution in [1.82, 2.24) is 24.4 Å². The van der Waals surface area contributed by atoms with Gasteiger partial charge in [0.15, 0.2) is 11.5 Å². The third-order valence-electron chi connectivity index (χ3n) is 5.67. The van der Waals surface area contributed by atoms with E-state index in [1.807, 2.05) is 30.5 Å². The summed E-state index contributed by atoms with van der Waals surface area (Å²) in [6.07, 6.45) is 3.33. The molecule has 0 saturated carbocycles. The number of rotatable bonds is 5. The second kappa shape index (κ2) is 9.13. The molecule has 3 heterocycles. The molecule has 4 rings (SSSR count). The third kappa shape index (κ3) is 4.16. The molecule has 2 aromatic heterocycles. The van der Waals surface area contributed by atoms with Gasteiger partial charge in [-0.05, 0) is 26.0 Å². The number of piperazine rings is 1. The molecule has 1 saturated heterocycles. The highest BCUT2D eigenvalue weighted by Crippen LogP contribution is 2.34. The van der Waals surface area contributed by atoms with Gasteiger partial charge in [0, 0.05) is 37.9 Å². The Hall–Kier alpha value is -3.82. The summed E-state index contributed by atoms with van der Waals surface area (Å²) in [7, 11) is 3.12. The van der Waals surface area contributed by atoms with Crippen LogP contribution >= 0.6 is 0 Å². The molecule has 0 radical (unpaired) electrons. The van der Waals surface area contributed by atoms with Crippen LogP contribution < -0.4 is 19.7 Å². The lowest BCUT2D eigenvalue weighted by molar-refractivity contribution is 0.208. The van der Waals surface area contributed by atoms with Crippen LogP contribution in [0.15, 0.2) is 36.9 Å². The van der Waals surface area contributed by atoms with E-state index in [-0.39, 0.29) is 6.03 Å². The number of nitrogens with zero attached hydrogens (tertiary/aromatic N) is 6. The summed E-state index contributed by atoms with van der Waals surface area (Å²) < 4.78 is 12.7. The Morgan fingerprint density at radius 2 is 1.75 bits per heavy atom. The van der Waals surface area contributed by atoms with Crippen LogP contribution in [0, 0.1) is 13.8 Å². The average Bonchev–Trinajstić information content (AvgIpc) is 3.17. The van der Waals surface area contributed by atoms with E-state index in [4.69, 9.17) is 9.47 Å². The van der Waals surface area contributed by atoms with Gasteiger partial charge in [-0.15, -0.1) is 0 Å². The van der Waals surface area contributed by atoms with Crippen molar-refractivity contribution in [2.24, 2.45) is 0 Å². The summed E-state index contributed by atoms with van der Waals surface area (Å²) >= 11 is 0. The lowest BCUT2D eigenvalue weighted by Gasteiger charge is -2.35. The minimum absolute atomic E-state index is 0.177. The molecule has 3 aromatic rings. The number of para-hydroxylation sites is 1. The smallest absolute Gasteiger partial charge is 0.322 e. The number of imidazole rings is 1. The van der Waals surface area contributed by atoms with E-state index in [9.17, 15) is 4.79 Å². The zero-order valence-corrected chi connectivity index (χ0v) is 18.7.